The molecule has 0 aliphatic carbocycles. The van der Waals surface area contributed by atoms with Crippen molar-refractivity contribution in [3.8, 4) is 11.5 Å². The summed E-state index contributed by atoms with van der Waals surface area (Å²) < 4.78 is 48.1. The third-order valence-corrected chi connectivity index (χ3v) is 5.05. The van der Waals surface area contributed by atoms with E-state index in [0.717, 1.165) is 39.1 Å². The maximum Gasteiger partial charge on any atom is 0.471 e. The molecular weight excluding hydrogens is 411 g/mol. The van der Waals surface area contributed by atoms with Gasteiger partial charge in [-0.15, -0.1) is 0 Å². The quantitative estimate of drug-likeness (QED) is 0.637. The maximum atomic E-state index is 12.4. The predicted octanol–water partition coefficient (Wildman–Crippen LogP) is 3.79. The van der Waals surface area contributed by atoms with E-state index in [9.17, 15) is 18.0 Å². The molecule has 1 saturated heterocycles. The fourth-order valence-electron chi connectivity index (χ4n) is 3.41. The summed E-state index contributed by atoms with van der Waals surface area (Å²) in [7, 11) is 1.39. The number of para-hydroxylation sites is 1. The van der Waals surface area contributed by atoms with Crippen LogP contribution in [0.5, 0.6) is 11.5 Å². The molecule has 1 aliphatic heterocycles. The van der Waals surface area contributed by atoms with Gasteiger partial charge >= 0.3 is 12.1 Å². The van der Waals surface area contributed by atoms with Crippen molar-refractivity contribution < 1.29 is 27.4 Å². The van der Waals surface area contributed by atoms with Gasteiger partial charge in [-0.3, -0.25) is 9.69 Å². The van der Waals surface area contributed by atoms with Crippen LogP contribution in [0.2, 0.25) is 0 Å². The summed E-state index contributed by atoms with van der Waals surface area (Å²) in [6.07, 6.45) is -4.14. The van der Waals surface area contributed by atoms with Crippen LogP contribution in [0, 0.1) is 0 Å². The molecule has 31 heavy (non-hydrogen) atoms. The van der Waals surface area contributed by atoms with Crippen LogP contribution in [0.3, 0.4) is 0 Å². The first-order valence-corrected chi connectivity index (χ1v) is 10.1. The Morgan fingerprint density at radius 2 is 1.74 bits per heavy atom. The largest absolute Gasteiger partial charge is 0.493 e. The van der Waals surface area contributed by atoms with E-state index in [2.05, 4.69) is 21.9 Å². The number of nitrogens with one attached hydrogen (secondary N) is 1. The molecule has 1 fully saturated rings. The molecule has 0 aromatic heterocycles. The van der Waals surface area contributed by atoms with E-state index in [1.807, 2.05) is 18.2 Å². The number of piperazine rings is 1. The van der Waals surface area contributed by atoms with Gasteiger partial charge in [0.2, 0.25) is 0 Å². The van der Waals surface area contributed by atoms with Crippen LogP contribution in [0.4, 0.5) is 24.5 Å². The summed E-state index contributed by atoms with van der Waals surface area (Å²) in [5, 5.41) is 1.80. The number of hydrogen-bond donors (Lipinski definition) is 1. The van der Waals surface area contributed by atoms with Crippen LogP contribution in [-0.2, 0) is 4.79 Å². The number of ether oxygens (including phenoxy) is 2. The van der Waals surface area contributed by atoms with E-state index in [1.54, 1.807) is 5.32 Å². The zero-order chi connectivity index (χ0) is 22.3. The van der Waals surface area contributed by atoms with Crippen molar-refractivity contribution in [2.75, 3.05) is 56.7 Å². The highest BCUT2D eigenvalue weighted by atomic mass is 19.4. The molecule has 0 radical (unpaired) electrons. The highest BCUT2D eigenvalue weighted by molar-refractivity contribution is 5.95. The minimum atomic E-state index is -4.95. The summed E-state index contributed by atoms with van der Waals surface area (Å²) in [4.78, 5) is 15.8. The van der Waals surface area contributed by atoms with Crippen molar-refractivity contribution in [2.24, 2.45) is 0 Å². The average Bonchev–Trinajstić information content (AvgIpc) is 2.77. The Morgan fingerprint density at radius 3 is 2.39 bits per heavy atom. The molecule has 0 bridgehead atoms. The molecule has 168 valence electrons. The first-order valence-electron chi connectivity index (χ1n) is 10.1. The summed E-state index contributed by atoms with van der Waals surface area (Å²) in [6, 6.07) is 14.5. The molecule has 0 saturated carbocycles. The molecule has 0 unspecified atom stereocenters. The summed E-state index contributed by atoms with van der Waals surface area (Å²) >= 11 is 0. The number of methoxy groups -OCH3 is 1. The number of carbonyl (C=O) groups is 1. The fourth-order valence-corrected chi connectivity index (χ4v) is 3.41. The van der Waals surface area contributed by atoms with Crippen LogP contribution in [0.15, 0.2) is 48.5 Å². The maximum absolute atomic E-state index is 12.4. The first-order chi connectivity index (χ1) is 14.9. The smallest absolute Gasteiger partial charge is 0.471 e. The van der Waals surface area contributed by atoms with Gasteiger partial charge in [0, 0.05) is 50.2 Å². The Morgan fingerprint density at radius 1 is 1.03 bits per heavy atom. The molecule has 1 N–H and O–H groups in total. The molecule has 1 aliphatic rings. The average molecular weight is 437 g/mol. The highest BCUT2D eigenvalue weighted by Crippen LogP contribution is 2.31. The lowest BCUT2D eigenvalue weighted by Gasteiger charge is -2.36. The molecule has 2 aromatic rings. The Kier molecular flexibility index (Phi) is 7.62. The van der Waals surface area contributed by atoms with E-state index >= 15 is 0 Å². The summed E-state index contributed by atoms with van der Waals surface area (Å²) in [6.45, 7) is 5.25. The van der Waals surface area contributed by atoms with E-state index < -0.39 is 12.1 Å². The van der Waals surface area contributed by atoms with Crippen LogP contribution in [0.25, 0.3) is 0 Å². The Labute approximate surface area is 179 Å². The third-order valence-electron chi connectivity index (χ3n) is 5.05. The lowest BCUT2D eigenvalue weighted by atomic mass is 10.2. The summed E-state index contributed by atoms with van der Waals surface area (Å²) in [5.41, 5.74) is 1.23. The molecule has 1 amide bonds. The minimum Gasteiger partial charge on any atom is -0.493 e. The van der Waals surface area contributed by atoms with Gasteiger partial charge in [0.1, 0.15) is 0 Å². The number of halogens is 3. The second-order valence-electron chi connectivity index (χ2n) is 7.18. The second-order valence-corrected chi connectivity index (χ2v) is 7.18. The molecule has 2 aromatic carbocycles. The van der Waals surface area contributed by atoms with Gasteiger partial charge in [-0.2, -0.15) is 13.2 Å². The van der Waals surface area contributed by atoms with Crippen molar-refractivity contribution in [1.82, 2.24) is 4.90 Å². The zero-order valence-electron chi connectivity index (χ0n) is 17.3. The number of benzene rings is 2. The van der Waals surface area contributed by atoms with Crippen molar-refractivity contribution in [3.63, 3.8) is 0 Å². The van der Waals surface area contributed by atoms with Gasteiger partial charge in [0.25, 0.3) is 0 Å². The van der Waals surface area contributed by atoms with Crippen molar-refractivity contribution >= 4 is 17.3 Å². The molecule has 6 nitrogen and oxygen atoms in total. The summed E-state index contributed by atoms with van der Waals surface area (Å²) in [5.74, 6) is -1.35. The molecular formula is C22H26F3N3O3. The SMILES string of the molecule is COc1cc(NC(=O)C(F)(F)F)ccc1OCCCN1CCN(c2ccccc2)CC1. The van der Waals surface area contributed by atoms with Crippen LogP contribution >= 0.6 is 0 Å². The minimum absolute atomic E-state index is 0.0113. The van der Waals surface area contributed by atoms with Gasteiger partial charge in [0.15, 0.2) is 11.5 Å². The molecule has 0 spiro atoms. The van der Waals surface area contributed by atoms with Gasteiger partial charge in [-0.1, -0.05) is 18.2 Å². The number of anilines is 2. The van der Waals surface area contributed by atoms with Crippen LogP contribution in [-0.4, -0.2) is 63.4 Å². The lowest BCUT2D eigenvalue weighted by molar-refractivity contribution is -0.167. The Balaban J connectivity index is 1.42. The second kappa shape index (κ2) is 10.4. The number of carbonyl (C=O) groups excluding carboxylic acids is 1. The monoisotopic (exact) mass is 437 g/mol. The number of alkyl halides is 3. The normalized spacial score (nSPS) is 14.9. The fraction of sp³-hybridized carbons (Fsp3) is 0.409. The molecule has 0 atom stereocenters. The van der Waals surface area contributed by atoms with Crippen molar-refractivity contribution in [3.05, 3.63) is 48.5 Å². The lowest BCUT2D eigenvalue weighted by Crippen LogP contribution is -2.46. The third kappa shape index (κ3) is 6.52. The number of rotatable bonds is 8. The van der Waals surface area contributed by atoms with Crippen molar-refractivity contribution in [1.29, 1.82) is 0 Å². The van der Waals surface area contributed by atoms with E-state index in [0.29, 0.717) is 12.4 Å². The van der Waals surface area contributed by atoms with E-state index in [4.69, 9.17) is 9.47 Å². The van der Waals surface area contributed by atoms with Gasteiger partial charge < -0.3 is 19.7 Å². The van der Waals surface area contributed by atoms with Gasteiger partial charge in [-0.25, -0.2) is 0 Å². The Bertz CT molecular complexity index is 854. The van der Waals surface area contributed by atoms with Crippen LogP contribution in [0.1, 0.15) is 6.42 Å². The van der Waals surface area contributed by atoms with Gasteiger partial charge in [-0.05, 0) is 30.7 Å². The van der Waals surface area contributed by atoms with Crippen LogP contribution < -0.4 is 19.7 Å². The number of nitrogens with zero attached hydrogens (tertiary/aromatic N) is 2. The number of hydrogen-bond acceptors (Lipinski definition) is 5. The standard InChI is InChI=1S/C22H26F3N3O3/c1-30-20-16-17(26-21(29)22(23,24)25)8-9-19(20)31-15-5-10-27-11-13-28(14-12-27)18-6-3-2-4-7-18/h2-4,6-9,16H,5,10-15H2,1H3,(H,26,29). The zero-order valence-corrected chi connectivity index (χ0v) is 17.3. The molecule has 1 heterocycles. The predicted molar refractivity (Wildman–Crippen MR) is 113 cm³/mol. The Hall–Kier alpha value is -2.94. The topological polar surface area (TPSA) is 54.0 Å². The van der Waals surface area contributed by atoms with Crippen molar-refractivity contribution in [2.45, 2.75) is 12.6 Å². The molecule has 3 rings (SSSR count). The van der Waals surface area contributed by atoms with E-state index in [1.165, 1.54) is 31.0 Å². The highest BCUT2D eigenvalue weighted by Gasteiger charge is 2.38. The molecule has 9 heteroatoms. The van der Waals surface area contributed by atoms with E-state index in [-0.39, 0.29) is 11.4 Å². The number of amides is 1. The van der Waals surface area contributed by atoms with Gasteiger partial charge in [0.05, 0.1) is 13.7 Å². The first kappa shape index (κ1) is 22.7.